The lowest BCUT2D eigenvalue weighted by Gasteiger charge is -2.18. The first-order valence-electron chi connectivity index (χ1n) is 6.44. The summed E-state index contributed by atoms with van der Waals surface area (Å²) in [7, 11) is 1.70. The first-order chi connectivity index (χ1) is 9.61. The fourth-order valence-electron chi connectivity index (χ4n) is 2.06. The van der Waals surface area contributed by atoms with E-state index in [1.54, 1.807) is 31.3 Å². The number of benzene rings is 2. The van der Waals surface area contributed by atoms with Crippen molar-refractivity contribution in [3.05, 3.63) is 59.7 Å². The Bertz CT molecular complexity index is 611. The summed E-state index contributed by atoms with van der Waals surface area (Å²) < 4.78 is 0. The first kappa shape index (κ1) is 14.1. The maximum atomic E-state index is 12.3. The number of phenolic OH excluding ortho intramolecular Hbond substituents is 1. The Balaban J connectivity index is 2.15. The molecule has 20 heavy (non-hydrogen) atoms. The van der Waals surface area contributed by atoms with Crippen molar-refractivity contribution < 1.29 is 9.90 Å². The molecule has 0 heterocycles. The van der Waals surface area contributed by atoms with E-state index >= 15 is 0 Å². The largest absolute Gasteiger partial charge is 0.508 e. The Morgan fingerprint density at radius 1 is 1.15 bits per heavy atom. The van der Waals surface area contributed by atoms with Gasteiger partial charge in [-0.3, -0.25) is 4.79 Å². The van der Waals surface area contributed by atoms with E-state index in [4.69, 9.17) is 5.73 Å². The molecular formula is C16H18N2O2. The van der Waals surface area contributed by atoms with Crippen LogP contribution in [0.2, 0.25) is 0 Å². The minimum atomic E-state index is -0.0449. The molecule has 0 atom stereocenters. The number of hydrogen-bond acceptors (Lipinski definition) is 3. The highest BCUT2D eigenvalue weighted by atomic mass is 16.3. The van der Waals surface area contributed by atoms with Crippen LogP contribution >= 0.6 is 0 Å². The molecule has 2 aromatic carbocycles. The van der Waals surface area contributed by atoms with Crippen LogP contribution in [0.3, 0.4) is 0 Å². The molecule has 0 aromatic heterocycles. The number of phenols is 1. The molecule has 0 spiro atoms. The minimum Gasteiger partial charge on any atom is -0.508 e. The third kappa shape index (κ3) is 3.16. The van der Waals surface area contributed by atoms with Crippen LogP contribution in [0.5, 0.6) is 5.75 Å². The van der Waals surface area contributed by atoms with Gasteiger partial charge in [0.2, 0.25) is 5.91 Å². The zero-order valence-corrected chi connectivity index (χ0v) is 11.4. The van der Waals surface area contributed by atoms with Crippen molar-refractivity contribution in [3.8, 4) is 5.75 Å². The molecule has 1 amide bonds. The summed E-state index contributed by atoms with van der Waals surface area (Å²) in [6, 6.07) is 14.3. The fraction of sp³-hybridized carbons (Fsp3) is 0.188. The molecule has 4 heteroatoms. The van der Waals surface area contributed by atoms with E-state index in [0.29, 0.717) is 18.7 Å². The van der Waals surface area contributed by atoms with E-state index in [0.717, 1.165) is 11.1 Å². The van der Waals surface area contributed by atoms with Crippen molar-refractivity contribution in [1.82, 2.24) is 0 Å². The first-order valence-corrected chi connectivity index (χ1v) is 6.44. The minimum absolute atomic E-state index is 0.0449. The number of nitrogens with zero attached hydrogens (tertiary/aromatic N) is 1. The summed E-state index contributed by atoms with van der Waals surface area (Å²) in [5.74, 6) is 0.0982. The predicted octanol–water partition coefficient (Wildman–Crippen LogP) is 2.06. The summed E-state index contributed by atoms with van der Waals surface area (Å²) >= 11 is 0. The monoisotopic (exact) mass is 270 g/mol. The van der Waals surface area contributed by atoms with Crippen molar-refractivity contribution in [2.24, 2.45) is 5.73 Å². The normalized spacial score (nSPS) is 10.3. The van der Waals surface area contributed by atoms with E-state index in [-0.39, 0.29) is 11.7 Å². The average Bonchev–Trinajstić information content (AvgIpc) is 2.47. The highest BCUT2D eigenvalue weighted by Crippen LogP contribution is 2.20. The van der Waals surface area contributed by atoms with Crippen molar-refractivity contribution in [3.63, 3.8) is 0 Å². The molecule has 0 radical (unpaired) electrons. The van der Waals surface area contributed by atoms with Crippen LogP contribution < -0.4 is 10.6 Å². The van der Waals surface area contributed by atoms with Crippen molar-refractivity contribution in [2.45, 2.75) is 13.0 Å². The summed E-state index contributed by atoms with van der Waals surface area (Å²) in [5, 5.41) is 9.46. The summed E-state index contributed by atoms with van der Waals surface area (Å²) in [5.41, 5.74) is 8.26. The van der Waals surface area contributed by atoms with Crippen LogP contribution in [-0.2, 0) is 17.8 Å². The Morgan fingerprint density at radius 2 is 1.85 bits per heavy atom. The van der Waals surface area contributed by atoms with Crippen LogP contribution in [0.25, 0.3) is 0 Å². The van der Waals surface area contributed by atoms with Crippen molar-refractivity contribution in [1.29, 1.82) is 0 Å². The predicted molar refractivity (Wildman–Crippen MR) is 79.6 cm³/mol. The van der Waals surface area contributed by atoms with Crippen LogP contribution in [0, 0.1) is 0 Å². The molecule has 2 aromatic rings. The van der Waals surface area contributed by atoms with E-state index in [9.17, 15) is 9.90 Å². The standard InChI is InChI=1S/C16H18N2O2/c1-18(14-7-4-8-15(19)10-14)16(20)9-12-5-2-3-6-13(12)11-17/h2-8,10,19H,9,11,17H2,1H3. The molecule has 0 fully saturated rings. The lowest BCUT2D eigenvalue weighted by Crippen LogP contribution is -2.28. The van der Waals surface area contributed by atoms with Gasteiger partial charge in [0.25, 0.3) is 0 Å². The second-order valence-corrected chi connectivity index (χ2v) is 4.62. The molecule has 0 bridgehead atoms. The quantitative estimate of drug-likeness (QED) is 0.893. The van der Waals surface area contributed by atoms with E-state index < -0.39 is 0 Å². The van der Waals surface area contributed by atoms with Gasteiger partial charge in [-0.1, -0.05) is 30.3 Å². The van der Waals surface area contributed by atoms with Crippen molar-refractivity contribution in [2.75, 3.05) is 11.9 Å². The molecule has 2 rings (SSSR count). The molecule has 0 aliphatic carbocycles. The zero-order valence-electron chi connectivity index (χ0n) is 11.4. The lowest BCUT2D eigenvalue weighted by atomic mass is 10.0. The summed E-state index contributed by atoms with van der Waals surface area (Å²) in [6.45, 7) is 0.416. The Labute approximate surface area is 118 Å². The molecular weight excluding hydrogens is 252 g/mol. The third-order valence-electron chi connectivity index (χ3n) is 3.27. The van der Waals surface area contributed by atoms with Crippen LogP contribution in [-0.4, -0.2) is 18.1 Å². The van der Waals surface area contributed by atoms with Gasteiger partial charge in [0.05, 0.1) is 6.42 Å². The SMILES string of the molecule is CN(C(=O)Cc1ccccc1CN)c1cccc(O)c1. The number of carbonyl (C=O) groups is 1. The number of rotatable bonds is 4. The van der Waals surface area contributed by atoms with Gasteiger partial charge in [0.1, 0.15) is 5.75 Å². The molecule has 3 N–H and O–H groups in total. The number of likely N-dealkylation sites (N-methyl/N-ethyl adjacent to an activating group) is 1. The number of nitrogens with two attached hydrogens (primary N) is 1. The van der Waals surface area contributed by atoms with Gasteiger partial charge >= 0.3 is 0 Å². The molecule has 0 unspecified atom stereocenters. The zero-order chi connectivity index (χ0) is 14.5. The number of amides is 1. The van der Waals surface area contributed by atoms with Crippen LogP contribution in [0.15, 0.2) is 48.5 Å². The van der Waals surface area contributed by atoms with Crippen LogP contribution in [0.4, 0.5) is 5.69 Å². The Kier molecular flexibility index (Phi) is 4.38. The van der Waals surface area contributed by atoms with Gasteiger partial charge < -0.3 is 15.7 Å². The van der Waals surface area contributed by atoms with E-state index in [1.807, 2.05) is 24.3 Å². The highest BCUT2D eigenvalue weighted by Gasteiger charge is 2.13. The van der Waals surface area contributed by atoms with Gasteiger partial charge in [0, 0.05) is 25.3 Å². The summed E-state index contributed by atoms with van der Waals surface area (Å²) in [6.07, 6.45) is 0.291. The van der Waals surface area contributed by atoms with Gasteiger partial charge in [-0.05, 0) is 23.3 Å². The number of carbonyl (C=O) groups excluding carboxylic acids is 1. The van der Waals surface area contributed by atoms with Gasteiger partial charge in [-0.15, -0.1) is 0 Å². The molecule has 0 aliphatic heterocycles. The highest BCUT2D eigenvalue weighted by molar-refractivity contribution is 5.94. The number of aromatic hydroxyl groups is 1. The Hall–Kier alpha value is -2.33. The Morgan fingerprint density at radius 3 is 2.50 bits per heavy atom. The fourth-order valence-corrected chi connectivity index (χ4v) is 2.06. The van der Waals surface area contributed by atoms with Gasteiger partial charge in [-0.2, -0.15) is 0 Å². The second kappa shape index (κ2) is 6.21. The van der Waals surface area contributed by atoms with Gasteiger partial charge in [0.15, 0.2) is 0 Å². The third-order valence-corrected chi connectivity index (χ3v) is 3.27. The van der Waals surface area contributed by atoms with Crippen molar-refractivity contribution >= 4 is 11.6 Å². The molecule has 104 valence electrons. The average molecular weight is 270 g/mol. The maximum Gasteiger partial charge on any atom is 0.231 e. The van der Waals surface area contributed by atoms with E-state index in [2.05, 4.69) is 0 Å². The van der Waals surface area contributed by atoms with Gasteiger partial charge in [-0.25, -0.2) is 0 Å². The topological polar surface area (TPSA) is 66.6 Å². The van der Waals surface area contributed by atoms with Crippen LogP contribution in [0.1, 0.15) is 11.1 Å². The second-order valence-electron chi connectivity index (χ2n) is 4.62. The number of hydrogen-bond donors (Lipinski definition) is 2. The molecule has 0 saturated heterocycles. The maximum absolute atomic E-state index is 12.3. The smallest absolute Gasteiger partial charge is 0.231 e. The molecule has 4 nitrogen and oxygen atoms in total. The van der Waals surface area contributed by atoms with E-state index in [1.165, 1.54) is 4.90 Å². The molecule has 0 saturated carbocycles. The number of anilines is 1. The summed E-state index contributed by atoms with van der Waals surface area (Å²) in [4.78, 5) is 13.8. The molecule has 0 aliphatic rings. The lowest BCUT2D eigenvalue weighted by molar-refractivity contribution is -0.117.